The minimum atomic E-state index is 0.0667. The van der Waals surface area contributed by atoms with Crippen LogP contribution in [-0.4, -0.2) is 37.3 Å². The molecule has 0 bridgehead atoms. The molecule has 2 aromatic rings. The van der Waals surface area contributed by atoms with E-state index in [2.05, 4.69) is 10.3 Å². The number of hydrogen-bond acceptors (Lipinski definition) is 5. The van der Waals surface area contributed by atoms with Gasteiger partial charge in [0.25, 0.3) is 0 Å². The van der Waals surface area contributed by atoms with Gasteiger partial charge in [-0.05, 0) is 56.9 Å². The van der Waals surface area contributed by atoms with E-state index in [1.165, 1.54) is 0 Å². The first-order valence-corrected chi connectivity index (χ1v) is 9.14. The summed E-state index contributed by atoms with van der Waals surface area (Å²) < 4.78 is 16.5. The van der Waals surface area contributed by atoms with Gasteiger partial charge in [-0.25, -0.2) is 4.98 Å². The van der Waals surface area contributed by atoms with Crippen molar-refractivity contribution in [2.24, 2.45) is 0 Å². The molecule has 6 nitrogen and oxygen atoms in total. The third kappa shape index (κ3) is 4.85. The topological polar surface area (TPSA) is 73.6 Å². The fourth-order valence-corrected chi connectivity index (χ4v) is 3.05. The second-order valence-electron chi connectivity index (χ2n) is 6.54. The van der Waals surface area contributed by atoms with Crippen LogP contribution >= 0.6 is 0 Å². The van der Waals surface area contributed by atoms with Crippen LogP contribution in [0.15, 0.2) is 28.7 Å². The van der Waals surface area contributed by atoms with Gasteiger partial charge < -0.3 is 19.2 Å². The van der Waals surface area contributed by atoms with E-state index in [4.69, 9.17) is 13.9 Å². The zero-order chi connectivity index (χ0) is 18.4. The standard InChI is InChI=1S/C20H26N2O4/c1-14-18(6-3-7-19(23)21-13-17-5-4-12-25-17)22-20(26-14)15-8-10-16(24-2)11-9-15/h8-11,17H,3-7,12-13H2,1-2H3,(H,21,23). The molecule has 3 rings (SSSR count). The van der Waals surface area contributed by atoms with Gasteiger partial charge in [0.2, 0.25) is 11.8 Å². The Morgan fingerprint density at radius 2 is 2.15 bits per heavy atom. The number of nitrogens with one attached hydrogen (secondary N) is 1. The number of rotatable bonds is 8. The molecule has 0 aliphatic carbocycles. The summed E-state index contributed by atoms with van der Waals surface area (Å²) in [6, 6.07) is 7.61. The molecule has 1 N–H and O–H groups in total. The molecule has 1 saturated heterocycles. The molecule has 1 atom stereocenters. The Labute approximate surface area is 153 Å². The van der Waals surface area contributed by atoms with Crippen LogP contribution in [0.2, 0.25) is 0 Å². The fourth-order valence-electron chi connectivity index (χ4n) is 3.05. The number of oxazole rings is 1. The van der Waals surface area contributed by atoms with E-state index in [1.807, 2.05) is 31.2 Å². The summed E-state index contributed by atoms with van der Waals surface area (Å²) in [5.74, 6) is 2.27. The fraction of sp³-hybridized carbons (Fsp3) is 0.500. The largest absolute Gasteiger partial charge is 0.497 e. The summed E-state index contributed by atoms with van der Waals surface area (Å²) in [6.45, 7) is 3.33. The SMILES string of the molecule is COc1ccc(-c2nc(CCCC(=O)NCC3CCCO3)c(C)o2)cc1. The first kappa shape index (κ1) is 18.5. The minimum Gasteiger partial charge on any atom is -0.497 e. The van der Waals surface area contributed by atoms with Crippen LogP contribution in [0.4, 0.5) is 0 Å². The average molecular weight is 358 g/mol. The number of ether oxygens (including phenoxy) is 2. The van der Waals surface area contributed by atoms with Crippen molar-refractivity contribution in [3.05, 3.63) is 35.7 Å². The molecule has 1 unspecified atom stereocenters. The molecule has 1 aliphatic rings. The van der Waals surface area contributed by atoms with Gasteiger partial charge in [-0.15, -0.1) is 0 Å². The van der Waals surface area contributed by atoms with Crippen molar-refractivity contribution in [3.63, 3.8) is 0 Å². The van der Waals surface area contributed by atoms with Crippen LogP contribution in [0.5, 0.6) is 5.75 Å². The molecule has 1 aromatic heterocycles. The predicted molar refractivity (Wildman–Crippen MR) is 98.1 cm³/mol. The van der Waals surface area contributed by atoms with E-state index in [1.54, 1.807) is 7.11 Å². The molecule has 6 heteroatoms. The number of carbonyl (C=O) groups excluding carboxylic acids is 1. The minimum absolute atomic E-state index is 0.0667. The Morgan fingerprint density at radius 3 is 2.85 bits per heavy atom. The van der Waals surface area contributed by atoms with E-state index >= 15 is 0 Å². The maximum Gasteiger partial charge on any atom is 0.226 e. The lowest BCUT2D eigenvalue weighted by atomic mass is 10.1. The van der Waals surface area contributed by atoms with E-state index < -0.39 is 0 Å². The quantitative estimate of drug-likeness (QED) is 0.784. The van der Waals surface area contributed by atoms with Crippen LogP contribution in [0.1, 0.15) is 37.1 Å². The lowest BCUT2D eigenvalue weighted by Gasteiger charge is -2.10. The van der Waals surface area contributed by atoms with Crippen LogP contribution in [-0.2, 0) is 16.0 Å². The highest BCUT2D eigenvalue weighted by Gasteiger charge is 2.16. The van der Waals surface area contributed by atoms with Crippen molar-refractivity contribution < 1.29 is 18.7 Å². The molecule has 1 aliphatic heterocycles. The Bertz CT molecular complexity index is 718. The molecule has 0 spiro atoms. The summed E-state index contributed by atoms with van der Waals surface area (Å²) in [6.07, 6.45) is 4.25. The number of methoxy groups -OCH3 is 1. The maximum absolute atomic E-state index is 11.9. The molecule has 1 fully saturated rings. The first-order valence-electron chi connectivity index (χ1n) is 9.14. The molecule has 0 radical (unpaired) electrons. The van der Waals surface area contributed by atoms with Crippen molar-refractivity contribution in [3.8, 4) is 17.2 Å². The maximum atomic E-state index is 11.9. The lowest BCUT2D eigenvalue weighted by Crippen LogP contribution is -2.31. The predicted octanol–water partition coefficient (Wildman–Crippen LogP) is 3.28. The zero-order valence-corrected chi connectivity index (χ0v) is 15.4. The highest BCUT2D eigenvalue weighted by Crippen LogP contribution is 2.24. The van der Waals surface area contributed by atoms with Crippen LogP contribution in [0, 0.1) is 6.92 Å². The third-order valence-corrected chi connectivity index (χ3v) is 4.60. The smallest absolute Gasteiger partial charge is 0.226 e. The van der Waals surface area contributed by atoms with E-state index in [9.17, 15) is 4.79 Å². The van der Waals surface area contributed by atoms with Crippen molar-refractivity contribution in [2.75, 3.05) is 20.3 Å². The summed E-state index contributed by atoms with van der Waals surface area (Å²) in [5, 5.41) is 2.95. The van der Waals surface area contributed by atoms with E-state index in [0.717, 1.165) is 55.1 Å². The number of benzene rings is 1. The molecule has 2 heterocycles. The van der Waals surface area contributed by atoms with Crippen molar-refractivity contribution in [1.82, 2.24) is 10.3 Å². The second-order valence-corrected chi connectivity index (χ2v) is 6.54. The highest BCUT2D eigenvalue weighted by molar-refractivity contribution is 5.75. The van der Waals surface area contributed by atoms with Crippen LogP contribution < -0.4 is 10.1 Å². The van der Waals surface area contributed by atoms with Gasteiger partial charge in [0, 0.05) is 25.1 Å². The molecule has 140 valence electrons. The number of aryl methyl sites for hydroxylation is 2. The molecular formula is C20H26N2O4. The lowest BCUT2D eigenvalue weighted by molar-refractivity contribution is -0.121. The second kappa shape index (κ2) is 8.85. The van der Waals surface area contributed by atoms with Gasteiger partial charge in [0.15, 0.2) is 0 Å². The van der Waals surface area contributed by atoms with Crippen LogP contribution in [0.3, 0.4) is 0 Å². The molecule has 1 aromatic carbocycles. The average Bonchev–Trinajstić information content (AvgIpc) is 3.30. The molecule has 26 heavy (non-hydrogen) atoms. The van der Waals surface area contributed by atoms with E-state index in [0.29, 0.717) is 18.9 Å². The Hall–Kier alpha value is -2.34. The summed E-state index contributed by atoms with van der Waals surface area (Å²) in [4.78, 5) is 16.5. The Morgan fingerprint density at radius 1 is 1.35 bits per heavy atom. The number of carbonyl (C=O) groups is 1. The van der Waals surface area contributed by atoms with E-state index in [-0.39, 0.29) is 12.0 Å². The van der Waals surface area contributed by atoms with Crippen molar-refractivity contribution in [1.29, 1.82) is 0 Å². The van der Waals surface area contributed by atoms with Crippen molar-refractivity contribution >= 4 is 5.91 Å². The number of hydrogen-bond donors (Lipinski definition) is 1. The van der Waals surface area contributed by atoms with Gasteiger partial charge in [-0.2, -0.15) is 0 Å². The summed E-state index contributed by atoms with van der Waals surface area (Å²) in [5.41, 5.74) is 1.82. The van der Waals surface area contributed by atoms with Gasteiger partial charge in [-0.1, -0.05) is 0 Å². The normalized spacial score (nSPS) is 16.6. The van der Waals surface area contributed by atoms with Crippen LogP contribution in [0.25, 0.3) is 11.5 Å². The zero-order valence-electron chi connectivity index (χ0n) is 15.4. The number of nitrogens with zero attached hydrogens (tertiary/aromatic N) is 1. The number of amides is 1. The summed E-state index contributed by atoms with van der Waals surface area (Å²) >= 11 is 0. The van der Waals surface area contributed by atoms with Gasteiger partial charge in [0.05, 0.1) is 18.9 Å². The van der Waals surface area contributed by atoms with Gasteiger partial charge >= 0.3 is 0 Å². The van der Waals surface area contributed by atoms with Gasteiger partial charge in [-0.3, -0.25) is 4.79 Å². The van der Waals surface area contributed by atoms with Gasteiger partial charge in [0.1, 0.15) is 11.5 Å². The Kier molecular flexibility index (Phi) is 6.28. The first-order chi connectivity index (χ1) is 12.7. The Balaban J connectivity index is 1.47. The highest BCUT2D eigenvalue weighted by atomic mass is 16.5. The molecule has 0 saturated carbocycles. The summed E-state index contributed by atoms with van der Waals surface area (Å²) in [7, 11) is 1.64. The third-order valence-electron chi connectivity index (χ3n) is 4.60. The monoisotopic (exact) mass is 358 g/mol. The molecule has 1 amide bonds. The molecular weight excluding hydrogens is 332 g/mol. The van der Waals surface area contributed by atoms with Crippen molar-refractivity contribution in [2.45, 2.75) is 45.1 Å². The number of aromatic nitrogens is 1.